The fourth-order valence-corrected chi connectivity index (χ4v) is 4.42. The van der Waals surface area contributed by atoms with E-state index in [-0.39, 0.29) is 24.8 Å². The van der Waals surface area contributed by atoms with Gasteiger partial charge in [0.15, 0.2) is 5.78 Å². The van der Waals surface area contributed by atoms with Crippen LogP contribution in [0.4, 0.5) is 5.69 Å². The number of anilines is 1. The second kappa shape index (κ2) is 8.30. The molecule has 1 aromatic heterocycles. The molecule has 1 aliphatic carbocycles. The quantitative estimate of drug-likeness (QED) is 0.544. The maximum Gasteiger partial charge on any atom is 0.249 e. The number of nitrogens with zero attached hydrogens (tertiary/aromatic N) is 2. The highest BCUT2D eigenvalue weighted by Crippen LogP contribution is 2.37. The molecule has 0 spiro atoms. The highest BCUT2D eigenvalue weighted by atomic mass is 16.2. The Labute approximate surface area is 186 Å². The zero-order valence-corrected chi connectivity index (χ0v) is 17.7. The summed E-state index contributed by atoms with van der Waals surface area (Å²) >= 11 is 0. The molecule has 0 aromatic carbocycles. The van der Waals surface area contributed by atoms with E-state index in [9.17, 15) is 9.59 Å². The molecule has 8 heteroatoms. The molecule has 1 aromatic rings. The summed E-state index contributed by atoms with van der Waals surface area (Å²) in [5.74, 6) is 6.30. The minimum atomic E-state index is -0.486. The van der Waals surface area contributed by atoms with Crippen LogP contribution in [0, 0.1) is 0 Å². The Bertz CT molecular complexity index is 1150. The Morgan fingerprint density at radius 1 is 1.12 bits per heavy atom. The van der Waals surface area contributed by atoms with Crippen LogP contribution in [0.15, 0.2) is 66.7 Å². The van der Waals surface area contributed by atoms with Crippen LogP contribution < -0.4 is 21.8 Å². The molecule has 32 heavy (non-hydrogen) atoms. The molecule has 5 N–H and O–H groups in total. The first kappa shape index (κ1) is 20.0. The second-order valence-electron chi connectivity index (χ2n) is 8.09. The molecule has 0 saturated heterocycles. The van der Waals surface area contributed by atoms with Crippen molar-refractivity contribution in [2.45, 2.75) is 25.4 Å². The lowest BCUT2D eigenvalue weighted by atomic mass is 10.0. The first-order chi connectivity index (χ1) is 15.6. The van der Waals surface area contributed by atoms with Crippen LogP contribution in [0.25, 0.3) is 5.57 Å². The van der Waals surface area contributed by atoms with Crippen LogP contribution in [0.1, 0.15) is 34.6 Å². The van der Waals surface area contributed by atoms with Gasteiger partial charge in [-0.1, -0.05) is 30.4 Å². The SMILES string of the molecule is Nn1c2c(c(NC3=CCCC=C3)c1C1=CCNC=C1)C(=O)CN(C(=O)C1C=CC=CN1)C2. The average Bonchev–Trinajstić information content (AvgIpc) is 3.12. The number of nitrogens with one attached hydrogen (secondary N) is 3. The minimum absolute atomic E-state index is 0.0189. The van der Waals surface area contributed by atoms with Crippen molar-refractivity contribution >= 4 is 23.0 Å². The van der Waals surface area contributed by atoms with Crippen LogP contribution in [-0.4, -0.2) is 40.4 Å². The number of ketones is 1. The maximum atomic E-state index is 13.4. The Kier molecular flexibility index (Phi) is 5.18. The fourth-order valence-electron chi connectivity index (χ4n) is 4.42. The maximum absolute atomic E-state index is 13.4. The number of Topliss-reactive ketones (excluding diaryl/α,β-unsaturated/α-hetero) is 1. The Hall–Kier alpha value is -3.94. The van der Waals surface area contributed by atoms with Gasteiger partial charge in [0.2, 0.25) is 5.91 Å². The van der Waals surface area contributed by atoms with Gasteiger partial charge in [-0.25, -0.2) is 0 Å². The third-order valence-electron chi connectivity index (χ3n) is 5.98. The van der Waals surface area contributed by atoms with Crippen molar-refractivity contribution in [1.82, 2.24) is 20.2 Å². The molecule has 164 valence electrons. The van der Waals surface area contributed by atoms with E-state index in [2.05, 4.69) is 28.1 Å². The van der Waals surface area contributed by atoms with Crippen molar-refractivity contribution in [2.75, 3.05) is 24.2 Å². The Morgan fingerprint density at radius 2 is 2.03 bits per heavy atom. The lowest BCUT2D eigenvalue weighted by Crippen LogP contribution is -2.48. The number of carbonyl (C=O) groups is 2. The van der Waals surface area contributed by atoms with Crippen molar-refractivity contribution in [1.29, 1.82) is 0 Å². The van der Waals surface area contributed by atoms with Crippen molar-refractivity contribution in [2.24, 2.45) is 0 Å². The number of hydrogen-bond acceptors (Lipinski definition) is 6. The largest absolute Gasteiger partial charge is 0.387 e. The Morgan fingerprint density at radius 3 is 2.75 bits per heavy atom. The van der Waals surface area contributed by atoms with Gasteiger partial charge in [-0.3, -0.25) is 14.3 Å². The molecule has 1 atom stereocenters. The summed E-state index contributed by atoms with van der Waals surface area (Å²) in [6.07, 6.45) is 21.2. The summed E-state index contributed by atoms with van der Waals surface area (Å²) in [7, 11) is 0. The van der Waals surface area contributed by atoms with Crippen LogP contribution in [0.5, 0.6) is 0 Å². The van der Waals surface area contributed by atoms with Crippen LogP contribution in [0.2, 0.25) is 0 Å². The van der Waals surface area contributed by atoms with E-state index in [0.29, 0.717) is 23.5 Å². The fraction of sp³-hybridized carbons (Fsp3) is 0.250. The number of fused-ring (bicyclic) bond motifs is 1. The van der Waals surface area contributed by atoms with Gasteiger partial charge < -0.3 is 26.7 Å². The number of nitrogens with two attached hydrogens (primary N) is 1. The molecular formula is C24H26N6O2. The van der Waals surface area contributed by atoms with Crippen molar-refractivity contribution in [3.05, 3.63) is 83.7 Å². The van der Waals surface area contributed by atoms with Crippen molar-refractivity contribution < 1.29 is 9.59 Å². The molecule has 1 amide bonds. The number of nitrogen functional groups attached to an aromatic ring is 1. The molecule has 0 fully saturated rings. The number of rotatable bonds is 4. The number of amides is 1. The molecule has 1 unspecified atom stereocenters. The van der Waals surface area contributed by atoms with E-state index >= 15 is 0 Å². The van der Waals surface area contributed by atoms with Gasteiger partial charge in [0, 0.05) is 17.8 Å². The van der Waals surface area contributed by atoms with E-state index in [1.165, 1.54) is 0 Å². The van der Waals surface area contributed by atoms with E-state index in [0.717, 1.165) is 29.8 Å². The van der Waals surface area contributed by atoms with Crippen LogP contribution >= 0.6 is 0 Å². The molecule has 0 saturated carbocycles. The summed E-state index contributed by atoms with van der Waals surface area (Å²) in [5.41, 5.74) is 4.51. The molecular weight excluding hydrogens is 404 g/mol. The summed E-state index contributed by atoms with van der Waals surface area (Å²) in [4.78, 5) is 28.0. The number of dihydropyridines is 2. The summed E-state index contributed by atoms with van der Waals surface area (Å²) in [5, 5.41) is 9.63. The van der Waals surface area contributed by atoms with Gasteiger partial charge >= 0.3 is 0 Å². The lowest BCUT2D eigenvalue weighted by molar-refractivity contribution is -0.132. The van der Waals surface area contributed by atoms with Gasteiger partial charge in [0.25, 0.3) is 0 Å². The third kappa shape index (κ3) is 3.53. The number of aromatic nitrogens is 1. The van der Waals surface area contributed by atoms with E-state index in [1.54, 1.807) is 21.9 Å². The zero-order chi connectivity index (χ0) is 22.1. The van der Waals surface area contributed by atoms with Crippen molar-refractivity contribution in [3.63, 3.8) is 0 Å². The molecule has 5 rings (SSSR count). The van der Waals surface area contributed by atoms with Crippen LogP contribution in [-0.2, 0) is 11.3 Å². The first-order valence-corrected chi connectivity index (χ1v) is 10.8. The number of allylic oxidation sites excluding steroid dienone is 7. The first-order valence-electron chi connectivity index (χ1n) is 10.8. The van der Waals surface area contributed by atoms with Gasteiger partial charge in [0.1, 0.15) is 6.04 Å². The monoisotopic (exact) mass is 430 g/mol. The van der Waals surface area contributed by atoms with E-state index in [4.69, 9.17) is 5.84 Å². The van der Waals surface area contributed by atoms with E-state index < -0.39 is 6.04 Å². The number of hydrogen-bond donors (Lipinski definition) is 4. The van der Waals surface area contributed by atoms with Gasteiger partial charge in [-0.05, 0) is 43.5 Å². The molecule has 0 bridgehead atoms. The smallest absolute Gasteiger partial charge is 0.249 e. The summed E-state index contributed by atoms with van der Waals surface area (Å²) < 4.78 is 1.56. The normalized spacial score (nSPS) is 21.4. The van der Waals surface area contributed by atoms with Crippen LogP contribution in [0.3, 0.4) is 0 Å². The minimum Gasteiger partial charge on any atom is -0.387 e. The molecule has 4 heterocycles. The number of carbonyl (C=O) groups excluding carboxylic acids is 2. The predicted octanol–water partition coefficient (Wildman–Crippen LogP) is 1.91. The zero-order valence-electron chi connectivity index (χ0n) is 17.7. The highest BCUT2D eigenvalue weighted by molar-refractivity contribution is 6.09. The summed E-state index contributed by atoms with van der Waals surface area (Å²) in [6.45, 7) is 0.964. The van der Waals surface area contributed by atoms with Gasteiger partial charge in [0.05, 0.1) is 35.7 Å². The standard InChI is InChI=1S/C24H26N6O2/c25-30-19-14-29(24(32)18-8-4-5-11-27-18)15-20(31)21(19)22(28-17-6-2-1-3-7-17)23(30)16-9-12-26-13-10-16/h2,4-12,18,26-28H,1,3,13-15,25H2. The lowest BCUT2D eigenvalue weighted by Gasteiger charge is -2.30. The Balaban J connectivity index is 1.55. The van der Waals surface area contributed by atoms with Gasteiger partial charge in [-0.15, -0.1) is 0 Å². The highest BCUT2D eigenvalue weighted by Gasteiger charge is 2.36. The molecule has 3 aliphatic heterocycles. The van der Waals surface area contributed by atoms with Crippen molar-refractivity contribution in [3.8, 4) is 0 Å². The van der Waals surface area contributed by atoms with E-state index in [1.807, 2.05) is 36.6 Å². The molecule has 0 radical (unpaired) electrons. The predicted molar refractivity (Wildman–Crippen MR) is 125 cm³/mol. The van der Waals surface area contributed by atoms with Gasteiger partial charge in [-0.2, -0.15) is 0 Å². The second-order valence-corrected chi connectivity index (χ2v) is 8.09. The topological polar surface area (TPSA) is 104 Å². The summed E-state index contributed by atoms with van der Waals surface area (Å²) in [6, 6.07) is -0.486. The molecule has 4 aliphatic rings. The molecule has 8 nitrogen and oxygen atoms in total. The average molecular weight is 431 g/mol. The third-order valence-corrected chi connectivity index (χ3v) is 5.98.